The Hall–Kier alpha value is -1.71. The Labute approximate surface area is 114 Å². The van der Waals surface area contributed by atoms with Crippen molar-refractivity contribution in [3.63, 3.8) is 0 Å². The number of piperidine rings is 1. The van der Waals surface area contributed by atoms with Crippen LogP contribution in [0.25, 0.3) is 0 Å². The van der Waals surface area contributed by atoms with E-state index in [1.165, 1.54) is 36.1 Å². The molecule has 3 N–H and O–H groups in total. The van der Waals surface area contributed by atoms with Crippen LogP contribution < -0.4 is 16.0 Å². The number of nitrogens with two attached hydrogens (primary N) is 1. The van der Waals surface area contributed by atoms with Crippen molar-refractivity contribution in [3.8, 4) is 0 Å². The van der Waals surface area contributed by atoms with Gasteiger partial charge in [0.25, 0.3) is 0 Å². The third-order valence-corrected chi connectivity index (χ3v) is 4.26. The molecule has 1 atom stereocenters. The van der Waals surface area contributed by atoms with E-state index in [1.807, 2.05) is 0 Å². The molecule has 4 nitrogen and oxygen atoms in total. The normalized spacial score (nSPS) is 22.1. The van der Waals surface area contributed by atoms with Crippen LogP contribution >= 0.6 is 0 Å². The summed E-state index contributed by atoms with van der Waals surface area (Å²) in [5.41, 5.74) is 9.27. The molecule has 1 aliphatic heterocycles. The molecular formula is C15H21N3O. The van der Waals surface area contributed by atoms with Crippen molar-refractivity contribution in [1.29, 1.82) is 0 Å². The lowest BCUT2D eigenvalue weighted by atomic mass is 10.0. The van der Waals surface area contributed by atoms with Crippen molar-refractivity contribution in [3.05, 3.63) is 29.3 Å². The summed E-state index contributed by atoms with van der Waals surface area (Å²) in [5.74, 6) is 0. The molecule has 1 aromatic rings. The highest BCUT2D eigenvalue weighted by molar-refractivity contribution is 5.73. The number of amides is 2. The van der Waals surface area contributed by atoms with Gasteiger partial charge in [0.05, 0.1) is 6.04 Å². The smallest absolute Gasteiger partial charge is 0.312 e. The van der Waals surface area contributed by atoms with E-state index in [0.717, 1.165) is 25.9 Å². The van der Waals surface area contributed by atoms with Crippen molar-refractivity contribution in [2.24, 2.45) is 5.73 Å². The fraction of sp³-hybridized carbons (Fsp3) is 0.533. The van der Waals surface area contributed by atoms with E-state index in [2.05, 4.69) is 28.4 Å². The Kier molecular flexibility index (Phi) is 3.32. The summed E-state index contributed by atoms with van der Waals surface area (Å²) in [5, 5.41) is 2.85. The number of hydrogen-bond acceptors (Lipinski definition) is 2. The first-order valence-corrected chi connectivity index (χ1v) is 7.18. The molecule has 1 aliphatic carbocycles. The third-order valence-electron chi connectivity index (χ3n) is 4.26. The third kappa shape index (κ3) is 2.39. The fourth-order valence-electron chi connectivity index (χ4n) is 3.39. The Morgan fingerprint density at radius 3 is 2.79 bits per heavy atom. The van der Waals surface area contributed by atoms with Gasteiger partial charge in [-0.15, -0.1) is 0 Å². The zero-order valence-electron chi connectivity index (χ0n) is 11.2. The van der Waals surface area contributed by atoms with E-state index in [-0.39, 0.29) is 6.04 Å². The van der Waals surface area contributed by atoms with Gasteiger partial charge in [0.2, 0.25) is 0 Å². The number of carbonyl (C=O) groups is 1. The van der Waals surface area contributed by atoms with Crippen LogP contribution in [0.1, 0.15) is 42.9 Å². The van der Waals surface area contributed by atoms with Gasteiger partial charge < -0.3 is 16.0 Å². The fourth-order valence-corrected chi connectivity index (χ4v) is 3.39. The molecule has 19 heavy (non-hydrogen) atoms. The first kappa shape index (κ1) is 12.3. The van der Waals surface area contributed by atoms with Gasteiger partial charge in [0, 0.05) is 18.8 Å². The van der Waals surface area contributed by atoms with Gasteiger partial charge in [0.15, 0.2) is 0 Å². The Morgan fingerprint density at radius 2 is 2.05 bits per heavy atom. The molecule has 0 bridgehead atoms. The first-order valence-electron chi connectivity index (χ1n) is 7.18. The van der Waals surface area contributed by atoms with Crippen molar-refractivity contribution < 1.29 is 4.79 Å². The summed E-state index contributed by atoms with van der Waals surface area (Å²) in [4.78, 5) is 13.5. The number of anilines is 1. The molecule has 1 heterocycles. The lowest BCUT2D eigenvalue weighted by Crippen LogP contribution is -2.32. The zero-order valence-corrected chi connectivity index (χ0v) is 11.2. The zero-order chi connectivity index (χ0) is 13.2. The molecule has 1 aromatic carbocycles. The standard InChI is InChI=1S/C15H21N3O/c16-15(19)17-13-8-7-12-11(13)5-4-6-14(12)18-9-2-1-3-10-18/h4-6,13H,1-3,7-10H2,(H3,16,17,19)/t13-/m0/s1. The number of primary amides is 1. The SMILES string of the molecule is NC(=O)N[C@H]1CCc2c1cccc2N1CCCCC1. The van der Waals surface area contributed by atoms with Crippen molar-refractivity contribution >= 4 is 11.7 Å². The average molecular weight is 259 g/mol. The van der Waals surface area contributed by atoms with Crippen LogP contribution in [0.3, 0.4) is 0 Å². The molecule has 0 spiro atoms. The second kappa shape index (κ2) is 5.11. The van der Waals surface area contributed by atoms with E-state index < -0.39 is 6.03 Å². The lowest BCUT2D eigenvalue weighted by molar-refractivity contribution is 0.245. The first-order chi connectivity index (χ1) is 9.25. The van der Waals surface area contributed by atoms with Gasteiger partial charge in [-0.2, -0.15) is 0 Å². The summed E-state index contributed by atoms with van der Waals surface area (Å²) in [6.07, 6.45) is 5.91. The average Bonchev–Trinajstić information content (AvgIpc) is 2.82. The van der Waals surface area contributed by atoms with E-state index >= 15 is 0 Å². The largest absolute Gasteiger partial charge is 0.371 e. The molecule has 2 aliphatic rings. The quantitative estimate of drug-likeness (QED) is 0.856. The Balaban J connectivity index is 1.88. The second-order valence-electron chi connectivity index (χ2n) is 5.49. The van der Waals surface area contributed by atoms with Gasteiger partial charge >= 0.3 is 6.03 Å². The number of nitrogens with zero attached hydrogens (tertiary/aromatic N) is 1. The number of urea groups is 1. The minimum atomic E-state index is -0.429. The highest BCUT2D eigenvalue weighted by Gasteiger charge is 2.27. The monoisotopic (exact) mass is 259 g/mol. The number of benzene rings is 1. The summed E-state index contributed by atoms with van der Waals surface area (Å²) in [6, 6.07) is 6.11. The van der Waals surface area contributed by atoms with Gasteiger partial charge in [0.1, 0.15) is 0 Å². The van der Waals surface area contributed by atoms with E-state index in [1.54, 1.807) is 0 Å². The van der Waals surface area contributed by atoms with Crippen molar-refractivity contribution in [2.75, 3.05) is 18.0 Å². The van der Waals surface area contributed by atoms with Crippen molar-refractivity contribution in [1.82, 2.24) is 5.32 Å². The number of carbonyl (C=O) groups excluding carboxylic acids is 1. The molecule has 0 aromatic heterocycles. The number of rotatable bonds is 2. The molecule has 102 valence electrons. The van der Waals surface area contributed by atoms with E-state index in [0.29, 0.717) is 0 Å². The molecule has 0 unspecified atom stereocenters. The minimum Gasteiger partial charge on any atom is -0.371 e. The summed E-state index contributed by atoms with van der Waals surface area (Å²) < 4.78 is 0. The predicted octanol–water partition coefficient (Wildman–Crippen LogP) is 2.33. The molecule has 0 saturated carbocycles. The summed E-state index contributed by atoms with van der Waals surface area (Å²) >= 11 is 0. The Bertz CT molecular complexity index is 480. The molecule has 0 radical (unpaired) electrons. The summed E-state index contributed by atoms with van der Waals surface area (Å²) in [7, 11) is 0. The second-order valence-corrected chi connectivity index (χ2v) is 5.49. The van der Waals surface area contributed by atoms with Gasteiger partial charge in [-0.1, -0.05) is 12.1 Å². The molecular weight excluding hydrogens is 238 g/mol. The predicted molar refractivity (Wildman–Crippen MR) is 76.3 cm³/mol. The van der Waals surface area contributed by atoms with Gasteiger partial charge in [-0.3, -0.25) is 0 Å². The van der Waals surface area contributed by atoms with Crippen LogP contribution in [0.4, 0.5) is 10.5 Å². The van der Waals surface area contributed by atoms with Crippen LogP contribution in [-0.2, 0) is 6.42 Å². The van der Waals surface area contributed by atoms with Crippen LogP contribution in [0, 0.1) is 0 Å². The van der Waals surface area contributed by atoms with E-state index in [4.69, 9.17) is 5.73 Å². The summed E-state index contributed by atoms with van der Waals surface area (Å²) in [6.45, 7) is 2.31. The number of fused-ring (bicyclic) bond motifs is 1. The van der Waals surface area contributed by atoms with Crippen LogP contribution in [0.15, 0.2) is 18.2 Å². The highest BCUT2D eigenvalue weighted by Crippen LogP contribution is 2.37. The molecule has 1 fully saturated rings. The lowest BCUT2D eigenvalue weighted by Gasteiger charge is -2.30. The van der Waals surface area contributed by atoms with Gasteiger partial charge in [-0.25, -0.2) is 4.79 Å². The minimum absolute atomic E-state index is 0.0947. The molecule has 3 rings (SSSR count). The number of nitrogens with one attached hydrogen (secondary N) is 1. The molecule has 2 amide bonds. The highest BCUT2D eigenvalue weighted by atomic mass is 16.2. The van der Waals surface area contributed by atoms with Crippen LogP contribution in [-0.4, -0.2) is 19.1 Å². The Morgan fingerprint density at radius 1 is 1.26 bits per heavy atom. The molecule has 1 saturated heterocycles. The van der Waals surface area contributed by atoms with Gasteiger partial charge in [-0.05, 0) is 49.3 Å². The van der Waals surface area contributed by atoms with Crippen molar-refractivity contribution in [2.45, 2.75) is 38.1 Å². The number of hydrogen-bond donors (Lipinski definition) is 2. The van der Waals surface area contributed by atoms with Crippen LogP contribution in [0.2, 0.25) is 0 Å². The van der Waals surface area contributed by atoms with Crippen LogP contribution in [0.5, 0.6) is 0 Å². The topological polar surface area (TPSA) is 58.4 Å². The molecule has 4 heteroatoms. The maximum Gasteiger partial charge on any atom is 0.312 e. The maximum atomic E-state index is 11.1. The maximum absolute atomic E-state index is 11.1. The van der Waals surface area contributed by atoms with E-state index in [9.17, 15) is 4.79 Å².